The molecule has 0 aliphatic rings. The SMILES string of the molecule is CCCNCCCOc1ccc2[nH]c3ccc(OCCCNCCC)cc3c(=O)c2c1. The average Bonchev–Trinajstić information content (AvgIpc) is 2.79. The van der Waals surface area contributed by atoms with Crippen LogP contribution in [0, 0.1) is 0 Å². The molecule has 1 heterocycles. The maximum Gasteiger partial charge on any atom is 0.197 e. The van der Waals surface area contributed by atoms with Gasteiger partial charge in [0.25, 0.3) is 0 Å². The van der Waals surface area contributed by atoms with E-state index in [0.717, 1.165) is 74.4 Å². The van der Waals surface area contributed by atoms with Crippen LogP contribution >= 0.6 is 0 Å². The minimum absolute atomic E-state index is 0.00567. The quantitative estimate of drug-likeness (QED) is 0.266. The van der Waals surface area contributed by atoms with E-state index in [2.05, 4.69) is 29.5 Å². The Balaban J connectivity index is 1.67. The van der Waals surface area contributed by atoms with Crippen molar-refractivity contribution >= 4 is 21.8 Å². The number of hydrogen-bond donors (Lipinski definition) is 3. The van der Waals surface area contributed by atoms with Crippen molar-refractivity contribution in [2.75, 3.05) is 39.4 Å². The Labute approximate surface area is 184 Å². The molecule has 0 unspecified atom stereocenters. The van der Waals surface area contributed by atoms with Crippen molar-refractivity contribution in [3.05, 3.63) is 46.6 Å². The number of ether oxygens (including phenoxy) is 2. The van der Waals surface area contributed by atoms with E-state index in [1.807, 2.05) is 36.4 Å². The van der Waals surface area contributed by atoms with Crippen LogP contribution in [-0.2, 0) is 0 Å². The van der Waals surface area contributed by atoms with Gasteiger partial charge in [-0.15, -0.1) is 0 Å². The molecule has 0 saturated heterocycles. The zero-order valence-electron chi connectivity index (χ0n) is 18.8. The summed E-state index contributed by atoms with van der Waals surface area (Å²) in [6.45, 7) is 9.48. The minimum Gasteiger partial charge on any atom is -0.494 e. The molecule has 0 aliphatic heterocycles. The van der Waals surface area contributed by atoms with Crippen molar-refractivity contribution in [2.24, 2.45) is 0 Å². The van der Waals surface area contributed by atoms with Crippen molar-refractivity contribution in [3.8, 4) is 11.5 Å². The fraction of sp³-hybridized carbons (Fsp3) is 0.480. The van der Waals surface area contributed by atoms with E-state index >= 15 is 0 Å². The van der Waals surface area contributed by atoms with Crippen LogP contribution in [0.3, 0.4) is 0 Å². The second kappa shape index (κ2) is 12.3. The smallest absolute Gasteiger partial charge is 0.197 e. The van der Waals surface area contributed by atoms with Gasteiger partial charge in [0.05, 0.1) is 24.2 Å². The highest BCUT2D eigenvalue weighted by atomic mass is 16.5. The van der Waals surface area contributed by atoms with Gasteiger partial charge in [-0.25, -0.2) is 0 Å². The van der Waals surface area contributed by atoms with E-state index < -0.39 is 0 Å². The van der Waals surface area contributed by atoms with Crippen molar-refractivity contribution in [1.82, 2.24) is 15.6 Å². The summed E-state index contributed by atoms with van der Waals surface area (Å²) in [4.78, 5) is 16.5. The van der Waals surface area contributed by atoms with Gasteiger partial charge in [-0.05, 0) is 88.3 Å². The molecule has 0 atom stereocenters. The molecule has 6 nitrogen and oxygen atoms in total. The summed E-state index contributed by atoms with van der Waals surface area (Å²) in [6.07, 6.45) is 4.12. The normalized spacial score (nSPS) is 11.3. The highest BCUT2D eigenvalue weighted by Crippen LogP contribution is 2.23. The van der Waals surface area contributed by atoms with E-state index in [4.69, 9.17) is 9.47 Å². The van der Waals surface area contributed by atoms with Crippen molar-refractivity contribution < 1.29 is 9.47 Å². The zero-order valence-corrected chi connectivity index (χ0v) is 18.8. The molecule has 0 amide bonds. The molecule has 0 fully saturated rings. The van der Waals surface area contributed by atoms with Crippen molar-refractivity contribution in [2.45, 2.75) is 39.5 Å². The van der Waals surface area contributed by atoms with Gasteiger partial charge in [0.1, 0.15) is 11.5 Å². The van der Waals surface area contributed by atoms with Crippen LogP contribution < -0.4 is 25.5 Å². The molecule has 2 aromatic carbocycles. The van der Waals surface area contributed by atoms with Gasteiger partial charge in [-0.1, -0.05) is 13.8 Å². The first-order valence-corrected chi connectivity index (χ1v) is 11.5. The van der Waals surface area contributed by atoms with Crippen LogP contribution in [0.25, 0.3) is 21.8 Å². The van der Waals surface area contributed by atoms with Crippen LogP contribution in [0.5, 0.6) is 11.5 Å². The maximum atomic E-state index is 13.1. The Hall–Kier alpha value is -2.57. The molecule has 0 bridgehead atoms. The van der Waals surface area contributed by atoms with Gasteiger partial charge in [-0.2, -0.15) is 0 Å². The number of benzene rings is 2. The number of rotatable bonds is 14. The average molecular weight is 426 g/mol. The van der Waals surface area contributed by atoms with E-state index in [9.17, 15) is 4.79 Å². The lowest BCUT2D eigenvalue weighted by Gasteiger charge is -2.10. The predicted molar refractivity (Wildman–Crippen MR) is 129 cm³/mol. The number of pyridine rings is 1. The third-order valence-electron chi connectivity index (χ3n) is 5.13. The Kier molecular flexibility index (Phi) is 9.18. The Morgan fingerprint density at radius 3 is 1.68 bits per heavy atom. The fourth-order valence-corrected chi connectivity index (χ4v) is 3.49. The molecule has 3 rings (SSSR count). The lowest BCUT2D eigenvalue weighted by atomic mass is 10.1. The van der Waals surface area contributed by atoms with E-state index in [1.165, 1.54) is 0 Å². The Morgan fingerprint density at radius 1 is 0.742 bits per heavy atom. The van der Waals surface area contributed by atoms with Crippen molar-refractivity contribution in [1.29, 1.82) is 0 Å². The summed E-state index contributed by atoms with van der Waals surface area (Å²) in [6, 6.07) is 11.3. The number of hydrogen-bond acceptors (Lipinski definition) is 5. The Morgan fingerprint density at radius 2 is 1.23 bits per heavy atom. The molecule has 168 valence electrons. The lowest BCUT2D eigenvalue weighted by molar-refractivity contribution is 0.308. The summed E-state index contributed by atoms with van der Waals surface area (Å²) in [5.74, 6) is 1.44. The first kappa shape index (κ1) is 23.1. The summed E-state index contributed by atoms with van der Waals surface area (Å²) in [5.41, 5.74) is 1.61. The first-order valence-electron chi connectivity index (χ1n) is 11.5. The zero-order chi connectivity index (χ0) is 21.9. The summed E-state index contributed by atoms with van der Waals surface area (Å²) in [7, 11) is 0. The minimum atomic E-state index is -0.00567. The second-order valence-corrected chi connectivity index (χ2v) is 7.77. The first-order chi connectivity index (χ1) is 15.2. The Bertz CT molecular complexity index is 939. The number of aromatic amines is 1. The monoisotopic (exact) mass is 425 g/mol. The number of nitrogens with one attached hydrogen (secondary N) is 3. The number of H-pyrrole nitrogens is 1. The van der Waals surface area contributed by atoms with Gasteiger partial charge >= 0.3 is 0 Å². The molecule has 0 aliphatic carbocycles. The van der Waals surface area contributed by atoms with Crippen LogP contribution in [0.4, 0.5) is 0 Å². The molecule has 0 spiro atoms. The number of aromatic nitrogens is 1. The van der Waals surface area contributed by atoms with Gasteiger partial charge in [-0.3, -0.25) is 4.79 Å². The lowest BCUT2D eigenvalue weighted by Crippen LogP contribution is -2.18. The maximum absolute atomic E-state index is 13.1. The van der Waals surface area contributed by atoms with E-state index in [1.54, 1.807) is 0 Å². The van der Waals surface area contributed by atoms with E-state index in [0.29, 0.717) is 24.0 Å². The van der Waals surface area contributed by atoms with Gasteiger partial charge in [0.2, 0.25) is 0 Å². The second-order valence-electron chi connectivity index (χ2n) is 7.77. The molecule has 1 aromatic heterocycles. The highest BCUT2D eigenvalue weighted by molar-refractivity contribution is 5.93. The fourth-order valence-electron chi connectivity index (χ4n) is 3.49. The van der Waals surface area contributed by atoms with Crippen molar-refractivity contribution in [3.63, 3.8) is 0 Å². The van der Waals surface area contributed by atoms with Gasteiger partial charge in [0, 0.05) is 10.8 Å². The summed E-state index contributed by atoms with van der Waals surface area (Å²) in [5, 5.41) is 7.99. The molecule has 3 aromatic rings. The standard InChI is InChI=1S/C25H35N3O3/c1-3-11-26-13-5-15-30-19-7-9-23-21(17-19)25(29)22-18-20(8-10-24(22)28-23)31-16-6-14-27-12-4-2/h7-10,17-18,26-27H,3-6,11-16H2,1-2H3,(H,28,29). The summed E-state index contributed by atoms with van der Waals surface area (Å²) >= 11 is 0. The largest absolute Gasteiger partial charge is 0.494 e. The molecule has 6 heteroatoms. The predicted octanol–water partition coefficient (Wildman–Crippen LogP) is 4.22. The molecule has 0 radical (unpaired) electrons. The topological polar surface area (TPSA) is 75.4 Å². The van der Waals surface area contributed by atoms with Crippen LogP contribution in [0.15, 0.2) is 41.2 Å². The van der Waals surface area contributed by atoms with Gasteiger partial charge < -0.3 is 25.1 Å². The van der Waals surface area contributed by atoms with Crippen LogP contribution in [-0.4, -0.2) is 44.4 Å². The molecule has 3 N–H and O–H groups in total. The molecule has 0 saturated carbocycles. The molecular weight excluding hydrogens is 390 g/mol. The van der Waals surface area contributed by atoms with Crippen LogP contribution in [0.1, 0.15) is 39.5 Å². The highest BCUT2D eigenvalue weighted by Gasteiger charge is 2.08. The van der Waals surface area contributed by atoms with E-state index in [-0.39, 0.29) is 5.43 Å². The summed E-state index contributed by atoms with van der Waals surface area (Å²) < 4.78 is 11.7. The molecular formula is C25H35N3O3. The third-order valence-corrected chi connectivity index (χ3v) is 5.13. The van der Waals surface area contributed by atoms with Gasteiger partial charge in [0.15, 0.2) is 5.43 Å². The third kappa shape index (κ3) is 6.71. The molecule has 31 heavy (non-hydrogen) atoms. The number of fused-ring (bicyclic) bond motifs is 2. The van der Waals surface area contributed by atoms with Crippen LogP contribution in [0.2, 0.25) is 0 Å².